The fourth-order valence-electron chi connectivity index (χ4n) is 1.43. The zero-order valence-corrected chi connectivity index (χ0v) is 7.33. The summed E-state index contributed by atoms with van der Waals surface area (Å²) in [6, 6.07) is 8.31. The van der Waals surface area contributed by atoms with Crippen LogP contribution in [0.25, 0.3) is 10.9 Å². The number of rotatable bonds is 1. The zero-order valence-electron chi connectivity index (χ0n) is 7.33. The molecular weight excluding hydrogens is 146 g/mol. The van der Waals surface area contributed by atoms with E-state index in [9.17, 15) is 0 Å². The molecule has 2 rings (SSSR count). The van der Waals surface area contributed by atoms with Crippen LogP contribution in [-0.4, -0.2) is 20.9 Å². The highest BCUT2D eigenvalue weighted by atomic mass is 14.9. The van der Waals surface area contributed by atoms with E-state index >= 15 is 0 Å². The number of hydrogen-bond acceptors (Lipinski definition) is 1. The number of nitrogens with one attached hydrogen (secondary N) is 1. The normalized spacial score (nSPS) is 10.3. The number of aromatic nitrogens is 1. The Kier molecular flexibility index (Phi) is 1.61. The van der Waals surface area contributed by atoms with Crippen molar-refractivity contribution in [1.29, 1.82) is 0 Å². The standard InChI is InChI=1S/C8H10B2N2/c9-12(10)8-5-11-7-4-2-1-3-6(7)8/h1-5,11H,9-10H2. The van der Waals surface area contributed by atoms with Crippen LogP contribution in [0.2, 0.25) is 0 Å². The summed E-state index contributed by atoms with van der Waals surface area (Å²) in [5, 5.41) is 1.28. The maximum absolute atomic E-state index is 3.23. The van der Waals surface area contributed by atoms with E-state index in [1.54, 1.807) is 0 Å². The summed E-state index contributed by atoms with van der Waals surface area (Å²) >= 11 is 0. The first-order valence-electron chi connectivity index (χ1n) is 4.02. The highest BCUT2D eigenvalue weighted by molar-refractivity contribution is 6.43. The van der Waals surface area contributed by atoms with Crippen LogP contribution < -0.4 is 4.72 Å². The number of fused-ring (bicyclic) bond motifs is 1. The van der Waals surface area contributed by atoms with E-state index in [4.69, 9.17) is 0 Å². The van der Waals surface area contributed by atoms with Crippen LogP contribution in [-0.2, 0) is 0 Å². The van der Waals surface area contributed by atoms with E-state index in [0.717, 1.165) is 0 Å². The molecular formula is C8H10B2N2. The minimum atomic E-state index is 1.20. The molecule has 1 aromatic carbocycles. The molecule has 58 valence electrons. The highest BCUT2D eigenvalue weighted by Gasteiger charge is 2.01. The monoisotopic (exact) mass is 156 g/mol. The van der Waals surface area contributed by atoms with E-state index in [-0.39, 0.29) is 0 Å². The Morgan fingerprint density at radius 1 is 1.17 bits per heavy atom. The van der Waals surface area contributed by atoms with E-state index < -0.39 is 0 Å². The third-order valence-electron chi connectivity index (χ3n) is 2.05. The van der Waals surface area contributed by atoms with E-state index in [1.165, 1.54) is 16.6 Å². The summed E-state index contributed by atoms with van der Waals surface area (Å²) in [6.07, 6.45) is 2.03. The Labute approximate surface area is 73.4 Å². The molecule has 12 heavy (non-hydrogen) atoms. The van der Waals surface area contributed by atoms with Crippen LogP contribution in [0.15, 0.2) is 30.5 Å². The smallest absolute Gasteiger partial charge is 0.202 e. The first-order chi connectivity index (χ1) is 5.79. The Bertz CT molecular complexity index is 395. The molecule has 0 aliphatic rings. The van der Waals surface area contributed by atoms with Crippen molar-refractivity contribution in [2.24, 2.45) is 0 Å². The second-order valence-corrected chi connectivity index (χ2v) is 3.11. The summed E-state index contributed by atoms with van der Waals surface area (Å²) in [5.74, 6) is 0. The minimum Gasteiger partial charge on any atom is -0.470 e. The molecule has 2 aromatic rings. The Balaban J connectivity index is 2.70. The molecule has 0 saturated heterocycles. The van der Waals surface area contributed by atoms with Crippen LogP contribution in [0.5, 0.6) is 0 Å². The number of nitrogens with zero attached hydrogens (tertiary/aromatic N) is 1. The molecule has 1 aromatic heterocycles. The SMILES string of the molecule is BN(B)c1c[nH]c2ccccc12. The van der Waals surface area contributed by atoms with Gasteiger partial charge in [-0.05, 0) is 6.07 Å². The van der Waals surface area contributed by atoms with Crippen molar-refractivity contribution in [3.05, 3.63) is 30.5 Å². The molecule has 0 spiro atoms. The fraction of sp³-hybridized carbons (Fsp3) is 0. The van der Waals surface area contributed by atoms with Gasteiger partial charge in [-0.3, -0.25) is 0 Å². The summed E-state index contributed by atoms with van der Waals surface area (Å²) in [6.45, 7) is 0. The van der Waals surface area contributed by atoms with Gasteiger partial charge in [0, 0.05) is 22.8 Å². The summed E-state index contributed by atoms with van der Waals surface area (Å²) in [7, 11) is 4.10. The van der Waals surface area contributed by atoms with Gasteiger partial charge in [0.15, 0.2) is 0 Å². The average Bonchev–Trinajstić information content (AvgIpc) is 2.47. The number of benzene rings is 1. The molecule has 0 unspecified atom stereocenters. The Morgan fingerprint density at radius 2 is 1.92 bits per heavy atom. The number of aromatic amines is 1. The number of hydrogen-bond donors (Lipinski definition) is 1. The number of anilines is 1. The minimum absolute atomic E-state index is 1.20. The van der Waals surface area contributed by atoms with E-state index in [0.29, 0.717) is 0 Å². The van der Waals surface area contributed by atoms with E-state index in [1.807, 2.05) is 12.3 Å². The number of H-pyrrole nitrogens is 1. The lowest BCUT2D eigenvalue weighted by Gasteiger charge is -2.10. The third-order valence-corrected chi connectivity index (χ3v) is 2.05. The third kappa shape index (κ3) is 0.998. The zero-order chi connectivity index (χ0) is 8.55. The quantitative estimate of drug-likeness (QED) is 0.578. The van der Waals surface area contributed by atoms with Gasteiger partial charge in [-0.25, -0.2) is 0 Å². The van der Waals surface area contributed by atoms with Crippen LogP contribution in [0.4, 0.5) is 5.69 Å². The van der Waals surface area contributed by atoms with Gasteiger partial charge in [-0.2, -0.15) is 0 Å². The summed E-state index contributed by atoms with van der Waals surface area (Å²) in [4.78, 5) is 3.23. The average molecular weight is 156 g/mol. The van der Waals surface area contributed by atoms with Crippen molar-refractivity contribution in [1.82, 2.24) is 4.98 Å². The summed E-state index contributed by atoms with van der Waals surface area (Å²) in [5.41, 5.74) is 2.44. The van der Waals surface area contributed by atoms with Crippen LogP contribution in [0.3, 0.4) is 0 Å². The van der Waals surface area contributed by atoms with E-state index in [2.05, 4.69) is 43.9 Å². The lowest BCUT2D eigenvalue weighted by Crippen LogP contribution is -2.12. The molecule has 0 saturated carbocycles. The topological polar surface area (TPSA) is 19.0 Å². The first kappa shape index (κ1) is 7.34. The van der Waals surface area contributed by atoms with Crippen LogP contribution >= 0.6 is 0 Å². The maximum atomic E-state index is 3.23. The molecule has 0 fully saturated rings. The van der Waals surface area contributed by atoms with Gasteiger partial charge in [0.1, 0.15) is 0 Å². The lowest BCUT2D eigenvalue weighted by molar-refractivity contribution is 1.46. The van der Waals surface area contributed by atoms with Crippen molar-refractivity contribution in [2.45, 2.75) is 0 Å². The van der Waals surface area contributed by atoms with Crippen molar-refractivity contribution in [3.63, 3.8) is 0 Å². The molecule has 1 N–H and O–H groups in total. The highest BCUT2D eigenvalue weighted by Crippen LogP contribution is 2.23. The molecule has 1 heterocycles. The Morgan fingerprint density at radius 3 is 2.67 bits per heavy atom. The second kappa shape index (κ2) is 2.63. The van der Waals surface area contributed by atoms with Gasteiger partial charge in [0.05, 0.1) is 0 Å². The van der Waals surface area contributed by atoms with Crippen molar-refractivity contribution in [2.75, 3.05) is 4.72 Å². The van der Waals surface area contributed by atoms with Gasteiger partial charge in [-0.15, -0.1) is 0 Å². The molecule has 2 nitrogen and oxygen atoms in total. The van der Waals surface area contributed by atoms with Gasteiger partial charge in [0.25, 0.3) is 0 Å². The molecule has 0 aliphatic carbocycles. The predicted octanol–water partition coefficient (Wildman–Crippen LogP) is 0.0705. The van der Waals surface area contributed by atoms with Crippen molar-refractivity contribution >= 4 is 32.6 Å². The number of para-hydroxylation sites is 1. The van der Waals surface area contributed by atoms with Crippen LogP contribution in [0, 0.1) is 0 Å². The Hall–Kier alpha value is -1.31. The van der Waals surface area contributed by atoms with Gasteiger partial charge in [-0.1, -0.05) is 18.2 Å². The molecule has 0 radical (unpaired) electrons. The van der Waals surface area contributed by atoms with Crippen LogP contribution in [0.1, 0.15) is 0 Å². The van der Waals surface area contributed by atoms with Crippen molar-refractivity contribution < 1.29 is 0 Å². The molecule has 0 amide bonds. The van der Waals surface area contributed by atoms with Crippen molar-refractivity contribution in [3.8, 4) is 0 Å². The molecule has 0 atom stereocenters. The lowest BCUT2D eigenvalue weighted by atomic mass is 10.1. The second-order valence-electron chi connectivity index (χ2n) is 3.11. The van der Waals surface area contributed by atoms with Gasteiger partial charge < -0.3 is 9.71 Å². The molecule has 4 heteroatoms. The van der Waals surface area contributed by atoms with Gasteiger partial charge >= 0.3 is 0 Å². The largest absolute Gasteiger partial charge is 0.470 e. The van der Waals surface area contributed by atoms with Gasteiger partial charge in [0.2, 0.25) is 16.0 Å². The molecule has 0 bridgehead atoms. The first-order valence-corrected chi connectivity index (χ1v) is 4.02. The summed E-state index contributed by atoms with van der Waals surface area (Å²) < 4.78 is 2.11. The predicted molar refractivity (Wildman–Crippen MR) is 57.9 cm³/mol. The maximum Gasteiger partial charge on any atom is 0.202 e. The fourth-order valence-corrected chi connectivity index (χ4v) is 1.43. The molecule has 0 aliphatic heterocycles.